The van der Waals surface area contributed by atoms with Gasteiger partial charge in [-0.3, -0.25) is 9.59 Å². The first kappa shape index (κ1) is 18.0. The fourth-order valence-electron chi connectivity index (χ4n) is 3.68. The molecule has 4 rings (SSSR count). The molecule has 0 spiro atoms. The third-order valence-corrected chi connectivity index (χ3v) is 5.02. The topological polar surface area (TPSA) is 125 Å². The number of primary amides is 1. The van der Waals surface area contributed by atoms with Crippen molar-refractivity contribution in [1.82, 2.24) is 15.0 Å². The Labute approximate surface area is 161 Å². The van der Waals surface area contributed by atoms with Gasteiger partial charge >= 0.3 is 5.97 Å². The second-order valence-electron chi connectivity index (χ2n) is 6.94. The summed E-state index contributed by atoms with van der Waals surface area (Å²) in [6.45, 7) is 0.684. The number of carboxylic acids is 1. The number of carbonyl (C=O) groups is 2. The Morgan fingerprint density at radius 1 is 1.25 bits per heavy atom. The summed E-state index contributed by atoms with van der Waals surface area (Å²) < 4.78 is 0. The first-order chi connectivity index (χ1) is 13.5. The van der Waals surface area contributed by atoms with Gasteiger partial charge in [0.2, 0.25) is 5.91 Å². The predicted molar refractivity (Wildman–Crippen MR) is 105 cm³/mol. The molecule has 1 aliphatic heterocycles. The fraction of sp³-hybridized carbons (Fsp3) is 0.300. The molecule has 8 nitrogen and oxygen atoms in total. The third kappa shape index (κ3) is 3.40. The van der Waals surface area contributed by atoms with Crippen LogP contribution in [-0.2, 0) is 16.0 Å². The number of nitrogens with zero attached hydrogens (tertiary/aromatic N) is 3. The van der Waals surface area contributed by atoms with Crippen LogP contribution >= 0.6 is 0 Å². The van der Waals surface area contributed by atoms with Gasteiger partial charge in [0.15, 0.2) is 5.82 Å². The smallest absolute Gasteiger partial charge is 0.303 e. The van der Waals surface area contributed by atoms with E-state index in [4.69, 9.17) is 15.8 Å². The van der Waals surface area contributed by atoms with Crippen molar-refractivity contribution in [2.75, 3.05) is 11.4 Å². The van der Waals surface area contributed by atoms with Crippen LogP contribution < -0.4 is 10.6 Å². The molecule has 4 N–H and O–H groups in total. The van der Waals surface area contributed by atoms with Gasteiger partial charge < -0.3 is 20.7 Å². The Morgan fingerprint density at radius 2 is 2.04 bits per heavy atom. The lowest BCUT2D eigenvalue weighted by Crippen LogP contribution is -2.40. The van der Waals surface area contributed by atoms with Gasteiger partial charge in [0.05, 0.1) is 11.8 Å². The Balaban J connectivity index is 1.84. The maximum absolute atomic E-state index is 11.9. The number of amides is 1. The number of nitrogens with two attached hydrogens (primary N) is 1. The van der Waals surface area contributed by atoms with Gasteiger partial charge in [0, 0.05) is 17.8 Å². The lowest BCUT2D eigenvalue weighted by Gasteiger charge is -2.24. The normalized spacial score (nSPS) is 16.6. The maximum atomic E-state index is 11.9. The highest BCUT2D eigenvalue weighted by Crippen LogP contribution is 2.33. The van der Waals surface area contributed by atoms with Gasteiger partial charge in [-0.05, 0) is 25.3 Å². The highest BCUT2D eigenvalue weighted by atomic mass is 16.4. The number of hydrogen-bond acceptors (Lipinski definition) is 5. The molecular weight excluding hydrogens is 358 g/mol. The van der Waals surface area contributed by atoms with Crippen LogP contribution in [0.1, 0.15) is 25.0 Å². The number of anilines is 1. The number of aliphatic carboxylic acids is 1. The van der Waals surface area contributed by atoms with Crippen LogP contribution in [0.25, 0.3) is 22.4 Å². The van der Waals surface area contributed by atoms with E-state index >= 15 is 0 Å². The number of carbonyl (C=O) groups excluding carboxylic acids is 1. The minimum atomic E-state index is -0.858. The number of aryl methyl sites for hydroxylation is 1. The van der Waals surface area contributed by atoms with E-state index in [0.29, 0.717) is 36.7 Å². The summed E-state index contributed by atoms with van der Waals surface area (Å²) in [4.78, 5) is 37.4. The molecule has 0 radical (unpaired) electrons. The average Bonchev–Trinajstić information content (AvgIpc) is 3.33. The predicted octanol–water partition coefficient (Wildman–Crippen LogP) is 2.10. The highest BCUT2D eigenvalue weighted by molar-refractivity contribution is 5.93. The van der Waals surface area contributed by atoms with E-state index in [2.05, 4.69) is 9.97 Å². The molecule has 3 heterocycles. The first-order valence-corrected chi connectivity index (χ1v) is 9.26. The summed E-state index contributed by atoms with van der Waals surface area (Å²) in [6.07, 6.45) is 1.94. The fourth-order valence-corrected chi connectivity index (χ4v) is 3.68. The van der Waals surface area contributed by atoms with Gasteiger partial charge in [-0.15, -0.1) is 0 Å². The molecular formula is C20H21N5O3. The minimum Gasteiger partial charge on any atom is -0.481 e. The molecule has 1 aromatic carbocycles. The first-order valence-electron chi connectivity index (χ1n) is 9.26. The Morgan fingerprint density at radius 3 is 2.75 bits per heavy atom. The van der Waals surface area contributed by atoms with Crippen LogP contribution in [0.2, 0.25) is 0 Å². The molecule has 0 bridgehead atoms. The van der Waals surface area contributed by atoms with E-state index < -0.39 is 12.0 Å². The quantitative estimate of drug-likeness (QED) is 0.602. The van der Waals surface area contributed by atoms with Crippen LogP contribution in [0, 0.1) is 0 Å². The molecule has 1 atom stereocenters. The van der Waals surface area contributed by atoms with Gasteiger partial charge in [0.25, 0.3) is 0 Å². The molecule has 2 aromatic heterocycles. The Kier molecular flexibility index (Phi) is 4.68. The Bertz CT molecular complexity index is 1030. The standard InChI is InChI=1S/C20H21N5O3/c21-17(28)15-7-4-10-25(15)20-14-11-13(8-9-16(26)27)22-19(14)23-18(24-20)12-5-2-1-3-6-12/h1-3,5-6,11,15H,4,7-10H2,(H2,21,28)(H,26,27)(H,22,23,24)/t15-/m0/s1. The lowest BCUT2D eigenvalue weighted by atomic mass is 10.2. The van der Waals surface area contributed by atoms with Gasteiger partial charge in [0.1, 0.15) is 17.5 Å². The van der Waals surface area contributed by atoms with Crippen LogP contribution in [0.15, 0.2) is 36.4 Å². The number of fused-ring (bicyclic) bond motifs is 1. The highest BCUT2D eigenvalue weighted by Gasteiger charge is 2.32. The van der Waals surface area contributed by atoms with E-state index in [1.54, 1.807) is 0 Å². The molecule has 1 fully saturated rings. The van der Waals surface area contributed by atoms with Crippen molar-refractivity contribution >= 4 is 28.7 Å². The monoisotopic (exact) mass is 379 g/mol. The average molecular weight is 379 g/mol. The summed E-state index contributed by atoms with van der Waals surface area (Å²) in [5, 5.41) is 9.74. The van der Waals surface area contributed by atoms with Crippen LogP contribution in [0.4, 0.5) is 5.82 Å². The number of hydrogen-bond donors (Lipinski definition) is 3. The van der Waals surface area contributed by atoms with Crippen molar-refractivity contribution in [3.63, 3.8) is 0 Å². The molecule has 1 amide bonds. The molecule has 3 aromatic rings. The number of H-pyrrole nitrogens is 1. The number of benzene rings is 1. The number of rotatable bonds is 6. The van der Waals surface area contributed by atoms with Crippen molar-refractivity contribution in [1.29, 1.82) is 0 Å². The van der Waals surface area contributed by atoms with Crippen molar-refractivity contribution in [3.05, 3.63) is 42.1 Å². The summed E-state index contributed by atoms with van der Waals surface area (Å²) in [6, 6.07) is 11.1. The largest absolute Gasteiger partial charge is 0.481 e. The van der Waals surface area contributed by atoms with Crippen molar-refractivity contribution in [2.45, 2.75) is 31.7 Å². The van der Waals surface area contributed by atoms with Crippen LogP contribution in [0.3, 0.4) is 0 Å². The van der Waals surface area contributed by atoms with Crippen molar-refractivity contribution < 1.29 is 14.7 Å². The van der Waals surface area contributed by atoms with E-state index in [1.807, 2.05) is 41.3 Å². The van der Waals surface area contributed by atoms with Crippen LogP contribution in [0.5, 0.6) is 0 Å². The van der Waals surface area contributed by atoms with E-state index in [1.165, 1.54) is 0 Å². The summed E-state index contributed by atoms with van der Waals surface area (Å²) in [5.74, 6) is -0.0248. The molecule has 0 unspecified atom stereocenters. The van der Waals surface area contributed by atoms with E-state index in [9.17, 15) is 9.59 Å². The number of aromatic amines is 1. The van der Waals surface area contributed by atoms with Gasteiger partial charge in [-0.2, -0.15) is 0 Å². The second-order valence-corrected chi connectivity index (χ2v) is 6.94. The maximum Gasteiger partial charge on any atom is 0.303 e. The summed E-state index contributed by atoms with van der Waals surface area (Å²) in [7, 11) is 0. The molecule has 0 saturated carbocycles. The molecule has 28 heavy (non-hydrogen) atoms. The molecule has 1 aliphatic rings. The van der Waals surface area contributed by atoms with Gasteiger partial charge in [-0.25, -0.2) is 9.97 Å². The number of aromatic nitrogens is 3. The SMILES string of the molecule is NC(=O)[C@@H]1CCCN1c1nc(-c2ccccc2)nc2[nH]c(CCC(=O)O)cc12. The number of carboxylic acid groups (broad SMARTS) is 1. The molecule has 1 saturated heterocycles. The Hall–Kier alpha value is -3.42. The van der Waals surface area contributed by atoms with E-state index in [0.717, 1.165) is 23.1 Å². The van der Waals surface area contributed by atoms with Crippen molar-refractivity contribution in [2.24, 2.45) is 5.73 Å². The second kappa shape index (κ2) is 7.30. The van der Waals surface area contributed by atoms with E-state index in [-0.39, 0.29) is 12.3 Å². The lowest BCUT2D eigenvalue weighted by molar-refractivity contribution is -0.137. The minimum absolute atomic E-state index is 0.0226. The number of nitrogens with one attached hydrogen (secondary N) is 1. The van der Waals surface area contributed by atoms with Crippen LogP contribution in [-0.4, -0.2) is 44.5 Å². The van der Waals surface area contributed by atoms with Crippen molar-refractivity contribution in [3.8, 4) is 11.4 Å². The molecule has 8 heteroatoms. The molecule has 0 aliphatic carbocycles. The zero-order valence-electron chi connectivity index (χ0n) is 15.3. The summed E-state index contributed by atoms with van der Waals surface area (Å²) in [5.41, 5.74) is 7.87. The molecule has 144 valence electrons. The summed E-state index contributed by atoms with van der Waals surface area (Å²) >= 11 is 0. The van der Waals surface area contributed by atoms with Gasteiger partial charge in [-0.1, -0.05) is 30.3 Å². The third-order valence-electron chi connectivity index (χ3n) is 5.02. The zero-order chi connectivity index (χ0) is 19.7. The zero-order valence-corrected chi connectivity index (χ0v) is 15.3.